The first-order valence-electron chi connectivity index (χ1n) is 5.68. The molecule has 1 aromatic rings. The van der Waals surface area contributed by atoms with Gasteiger partial charge < -0.3 is 10.2 Å². The summed E-state index contributed by atoms with van der Waals surface area (Å²) in [5, 5.41) is 2.99. The molecule has 98 valence electrons. The van der Waals surface area contributed by atoms with Gasteiger partial charge in [0.25, 0.3) is 5.91 Å². The van der Waals surface area contributed by atoms with Gasteiger partial charge in [-0.2, -0.15) is 0 Å². The van der Waals surface area contributed by atoms with Crippen LogP contribution in [-0.4, -0.2) is 41.8 Å². The molecule has 5 nitrogen and oxygen atoms in total. The highest BCUT2D eigenvalue weighted by molar-refractivity contribution is 6.33. The summed E-state index contributed by atoms with van der Waals surface area (Å²) in [5.74, 6) is -0.480. The molecule has 0 fully saturated rings. The number of nitrogens with one attached hydrogen (secondary N) is 1. The summed E-state index contributed by atoms with van der Waals surface area (Å²) in [6.07, 6.45) is 3.75. The summed E-state index contributed by atoms with van der Waals surface area (Å²) < 4.78 is 0. The SMILES string of the molecule is CCCNC(=O)CN(C)C(=O)c1ccncc1Cl. The molecule has 0 radical (unpaired) electrons. The number of hydrogen-bond acceptors (Lipinski definition) is 3. The normalized spacial score (nSPS) is 9.94. The molecule has 0 bridgehead atoms. The minimum absolute atomic E-state index is 0.0114. The van der Waals surface area contributed by atoms with E-state index in [1.54, 1.807) is 7.05 Å². The van der Waals surface area contributed by atoms with Crippen LogP contribution >= 0.6 is 11.6 Å². The lowest BCUT2D eigenvalue weighted by Gasteiger charge is -2.17. The number of halogens is 1. The number of carbonyl (C=O) groups is 2. The maximum absolute atomic E-state index is 12.0. The van der Waals surface area contributed by atoms with Crippen LogP contribution in [0, 0.1) is 0 Å². The molecule has 6 heteroatoms. The molecule has 0 saturated carbocycles. The fraction of sp³-hybridized carbons (Fsp3) is 0.417. The smallest absolute Gasteiger partial charge is 0.255 e. The zero-order valence-corrected chi connectivity index (χ0v) is 11.2. The molecule has 2 amide bonds. The molecule has 0 saturated heterocycles. The molecule has 18 heavy (non-hydrogen) atoms. The third-order valence-electron chi connectivity index (χ3n) is 2.30. The first-order valence-corrected chi connectivity index (χ1v) is 6.05. The first kappa shape index (κ1) is 14.4. The Bertz CT molecular complexity index is 437. The van der Waals surface area contributed by atoms with E-state index in [0.29, 0.717) is 12.1 Å². The van der Waals surface area contributed by atoms with Crippen LogP contribution in [0.1, 0.15) is 23.7 Å². The van der Waals surface area contributed by atoms with E-state index in [2.05, 4.69) is 10.3 Å². The number of carbonyl (C=O) groups excluding carboxylic acids is 2. The number of aromatic nitrogens is 1. The van der Waals surface area contributed by atoms with Crippen LogP contribution in [-0.2, 0) is 4.79 Å². The molecular weight excluding hydrogens is 254 g/mol. The zero-order chi connectivity index (χ0) is 13.5. The summed E-state index contributed by atoms with van der Waals surface area (Å²) >= 11 is 5.87. The molecule has 0 atom stereocenters. The summed E-state index contributed by atoms with van der Waals surface area (Å²) in [5.41, 5.74) is 0.345. The molecule has 1 rings (SSSR count). The van der Waals surface area contributed by atoms with Gasteiger partial charge in [-0.1, -0.05) is 18.5 Å². The highest BCUT2D eigenvalue weighted by atomic mass is 35.5. The van der Waals surface area contributed by atoms with Crippen molar-refractivity contribution in [2.45, 2.75) is 13.3 Å². The van der Waals surface area contributed by atoms with Crippen LogP contribution in [0.15, 0.2) is 18.5 Å². The van der Waals surface area contributed by atoms with Crippen LogP contribution in [0.4, 0.5) is 0 Å². The van der Waals surface area contributed by atoms with E-state index in [1.165, 1.54) is 23.4 Å². The van der Waals surface area contributed by atoms with E-state index in [-0.39, 0.29) is 23.4 Å². The number of hydrogen-bond donors (Lipinski definition) is 1. The number of amides is 2. The molecule has 0 aromatic carbocycles. The number of pyridine rings is 1. The lowest BCUT2D eigenvalue weighted by atomic mass is 10.2. The first-order chi connectivity index (χ1) is 8.56. The van der Waals surface area contributed by atoms with Gasteiger partial charge in [0.2, 0.25) is 5.91 Å². The van der Waals surface area contributed by atoms with Gasteiger partial charge in [-0.25, -0.2) is 0 Å². The molecule has 1 aromatic heterocycles. The van der Waals surface area contributed by atoms with Gasteiger partial charge >= 0.3 is 0 Å². The lowest BCUT2D eigenvalue weighted by Crippen LogP contribution is -2.38. The van der Waals surface area contributed by atoms with Crippen molar-refractivity contribution in [1.82, 2.24) is 15.2 Å². The Morgan fingerprint density at radius 2 is 2.22 bits per heavy atom. The monoisotopic (exact) mass is 269 g/mol. The summed E-state index contributed by atoms with van der Waals surface area (Å²) in [7, 11) is 1.56. The van der Waals surface area contributed by atoms with E-state index in [4.69, 9.17) is 11.6 Å². The van der Waals surface area contributed by atoms with Gasteiger partial charge in [0.05, 0.1) is 17.1 Å². The molecule has 1 N–H and O–H groups in total. The maximum atomic E-state index is 12.0. The summed E-state index contributed by atoms with van der Waals surface area (Å²) in [4.78, 5) is 28.6. The third kappa shape index (κ3) is 4.00. The maximum Gasteiger partial charge on any atom is 0.255 e. The fourth-order valence-electron chi connectivity index (χ4n) is 1.36. The Morgan fingerprint density at radius 1 is 1.50 bits per heavy atom. The Labute approximate surface area is 111 Å². The second-order valence-electron chi connectivity index (χ2n) is 3.87. The van der Waals surface area contributed by atoms with Gasteiger partial charge in [0, 0.05) is 26.0 Å². The molecule has 0 aliphatic heterocycles. The van der Waals surface area contributed by atoms with E-state index in [1.807, 2.05) is 6.92 Å². The average Bonchev–Trinajstić information content (AvgIpc) is 2.36. The Balaban J connectivity index is 2.62. The second kappa shape index (κ2) is 6.96. The van der Waals surface area contributed by atoms with Crippen molar-refractivity contribution in [3.8, 4) is 0 Å². The summed E-state index contributed by atoms with van der Waals surface area (Å²) in [6.45, 7) is 2.58. The topological polar surface area (TPSA) is 62.3 Å². The highest BCUT2D eigenvalue weighted by Gasteiger charge is 2.17. The molecule has 0 unspecified atom stereocenters. The Kier molecular flexibility index (Phi) is 5.58. The largest absolute Gasteiger partial charge is 0.355 e. The number of rotatable bonds is 5. The Morgan fingerprint density at radius 3 is 2.83 bits per heavy atom. The number of nitrogens with zero attached hydrogens (tertiary/aromatic N) is 2. The van der Waals surface area contributed by atoms with E-state index in [9.17, 15) is 9.59 Å². The highest BCUT2D eigenvalue weighted by Crippen LogP contribution is 2.14. The molecule has 0 spiro atoms. The van der Waals surface area contributed by atoms with Gasteiger partial charge in [-0.3, -0.25) is 14.6 Å². The van der Waals surface area contributed by atoms with Crippen molar-refractivity contribution in [1.29, 1.82) is 0 Å². The molecule has 0 aliphatic carbocycles. The van der Waals surface area contributed by atoms with Crippen molar-refractivity contribution in [3.63, 3.8) is 0 Å². The third-order valence-corrected chi connectivity index (χ3v) is 2.60. The lowest BCUT2D eigenvalue weighted by molar-refractivity contribution is -0.121. The van der Waals surface area contributed by atoms with Crippen molar-refractivity contribution in [2.24, 2.45) is 0 Å². The van der Waals surface area contributed by atoms with Crippen molar-refractivity contribution < 1.29 is 9.59 Å². The molecule has 0 aliphatic rings. The standard InChI is InChI=1S/C12H16ClN3O2/c1-3-5-15-11(17)8-16(2)12(18)9-4-6-14-7-10(9)13/h4,6-7H,3,5,8H2,1-2H3,(H,15,17). The van der Waals surface area contributed by atoms with Crippen molar-refractivity contribution in [3.05, 3.63) is 29.0 Å². The van der Waals surface area contributed by atoms with Crippen LogP contribution in [0.5, 0.6) is 0 Å². The van der Waals surface area contributed by atoms with Crippen LogP contribution in [0.2, 0.25) is 5.02 Å². The van der Waals surface area contributed by atoms with Gasteiger partial charge in [0.1, 0.15) is 0 Å². The second-order valence-corrected chi connectivity index (χ2v) is 4.27. The van der Waals surface area contributed by atoms with E-state index >= 15 is 0 Å². The van der Waals surface area contributed by atoms with Gasteiger partial charge in [-0.05, 0) is 12.5 Å². The van der Waals surface area contributed by atoms with E-state index < -0.39 is 0 Å². The van der Waals surface area contributed by atoms with Gasteiger partial charge in [-0.15, -0.1) is 0 Å². The van der Waals surface area contributed by atoms with Crippen LogP contribution in [0.25, 0.3) is 0 Å². The van der Waals surface area contributed by atoms with Crippen LogP contribution in [0.3, 0.4) is 0 Å². The van der Waals surface area contributed by atoms with Gasteiger partial charge in [0.15, 0.2) is 0 Å². The van der Waals surface area contributed by atoms with E-state index in [0.717, 1.165) is 6.42 Å². The minimum Gasteiger partial charge on any atom is -0.355 e. The minimum atomic E-state index is -0.297. The Hall–Kier alpha value is -1.62. The fourth-order valence-corrected chi connectivity index (χ4v) is 1.56. The molecule has 1 heterocycles. The molecular formula is C12H16ClN3O2. The average molecular weight is 270 g/mol. The predicted molar refractivity (Wildman–Crippen MR) is 69.5 cm³/mol. The predicted octanol–water partition coefficient (Wildman–Crippen LogP) is 1.33. The zero-order valence-electron chi connectivity index (χ0n) is 10.4. The quantitative estimate of drug-likeness (QED) is 0.877. The van der Waals surface area contributed by atoms with Crippen LogP contribution < -0.4 is 5.32 Å². The summed E-state index contributed by atoms with van der Waals surface area (Å²) in [6, 6.07) is 1.53. The van der Waals surface area contributed by atoms with Crippen molar-refractivity contribution in [2.75, 3.05) is 20.1 Å². The number of likely N-dealkylation sites (N-methyl/N-ethyl adjacent to an activating group) is 1. The van der Waals surface area contributed by atoms with Crippen molar-refractivity contribution >= 4 is 23.4 Å².